The molecule has 1 saturated heterocycles. The van der Waals surface area contributed by atoms with Crippen molar-refractivity contribution in [1.29, 1.82) is 0 Å². The summed E-state index contributed by atoms with van der Waals surface area (Å²) in [7, 11) is 0. The molecule has 2 heterocycles. The van der Waals surface area contributed by atoms with Crippen LogP contribution in [0.4, 0.5) is 5.82 Å². The van der Waals surface area contributed by atoms with Gasteiger partial charge in [0.05, 0.1) is 5.69 Å². The number of carbonyl (C=O) groups is 1. The Morgan fingerprint density at radius 3 is 2.31 bits per heavy atom. The topological polar surface area (TPSA) is 49.3 Å². The van der Waals surface area contributed by atoms with Crippen molar-refractivity contribution in [3.63, 3.8) is 0 Å². The van der Waals surface area contributed by atoms with Crippen LogP contribution in [0, 0.1) is 19.8 Å². The highest BCUT2D eigenvalue weighted by Crippen LogP contribution is 2.22. The largest absolute Gasteiger partial charge is 0.352 e. The van der Waals surface area contributed by atoms with Crippen LogP contribution >= 0.6 is 0 Å². The van der Waals surface area contributed by atoms with Crippen LogP contribution in [0.1, 0.15) is 31.4 Å². The first kappa shape index (κ1) is 18.4. The molecule has 1 aliphatic rings. The highest BCUT2D eigenvalue weighted by molar-refractivity contribution is 5.76. The Labute approximate surface area is 156 Å². The van der Waals surface area contributed by atoms with Gasteiger partial charge in [-0.2, -0.15) is 0 Å². The summed E-state index contributed by atoms with van der Waals surface area (Å²) in [4.78, 5) is 16.4. The van der Waals surface area contributed by atoms with Gasteiger partial charge in [0.15, 0.2) is 5.82 Å². The molecule has 3 rings (SSSR count). The van der Waals surface area contributed by atoms with Crippen molar-refractivity contribution in [1.82, 2.24) is 15.1 Å². The van der Waals surface area contributed by atoms with E-state index in [4.69, 9.17) is 0 Å². The summed E-state index contributed by atoms with van der Waals surface area (Å²) in [5.74, 6) is 1.55. The highest BCUT2D eigenvalue weighted by atomic mass is 16.2. The molecule has 0 unspecified atom stereocenters. The third kappa shape index (κ3) is 4.21. The summed E-state index contributed by atoms with van der Waals surface area (Å²) < 4.78 is 0. The van der Waals surface area contributed by atoms with Gasteiger partial charge < -0.3 is 9.80 Å². The average molecular weight is 352 g/mol. The molecule has 5 heteroatoms. The van der Waals surface area contributed by atoms with E-state index in [0.29, 0.717) is 12.3 Å². The Hall–Kier alpha value is -2.43. The number of anilines is 1. The summed E-state index contributed by atoms with van der Waals surface area (Å²) in [6, 6.07) is 10.4. The van der Waals surface area contributed by atoms with E-state index in [2.05, 4.69) is 61.0 Å². The second kappa shape index (κ2) is 7.85. The molecule has 1 aliphatic heterocycles. The molecular weight excluding hydrogens is 324 g/mol. The second-order valence-electron chi connectivity index (χ2n) is 7.54. The smallest absolute Gasteiger partial charge is 0.222 e. The lowest BCUT2D eigenvalue weighted by atomic mass is 10.0. The molecule has 1 aromatic heterocycles. The van der Waals surface area contributed by atoms with Gasteiger partial charge in [-0.05, 0) is 49.1 Å². The summed E-state index contributed by atoms with van der Waals surface area (Å²) >= 11 is 0. The summed E-state index contributed by atoms with van der Waals surface area (Å²) in [5, 5.41) is 8.84. The highest BCUT2D eigenvalue weighted by Gasteiger charge is 2.22. The number of nitrogens with zero attached hydrogens (tertiary/aromatic N) is 4. The SMILES string of the molecule is Cc1ccc(-c2ccc(N3CCN(C(=O)CC(C)C)CC3)nn2)cc1C. The van der Waals surface area contributed by atoms with Gasteiger partial charge in [0.25, 0.3) is 0 Å². The van der Waals surface area contributed by atoms with E-state index >= 15 is 0 Å². The Morgan fingerprint density at radius 2 is 1.73 bits per heavy atom. The normalized spacial score (nSPS) is 14.8. The fourth-order valence-electron chi connectivity index (χ4n) is 3.21. The predicted molar refractivity (Wildman–Crippen MR) is 105 cm³/mol. The molecule has 2 aromatic rings. The van der Waals surface area contributed by atoms with E-state index in [1.807, 2.05) is 17.0 Å². The van der Waals surface area contributed by atoms with Gasteiger partial charge in [-0.15, -0.1) is 10.2 Å². The van der Waals surface area contributed by atoms with Crippen molar-refractivity contribution in [3.8, 4) is 11.3 Å². The van der Waals surface area contributed by atoms with Crippen LogP contribution in [-0.2, 0) is 4.79 Å². The van der Waals surface area contributed by atoms with Crippen molar-refractivity contribution in [2.45, 2.75) is 34.1 Å². The van der Waals surface area contributed by atoms with Crippen molar-refractivity contribution in [2.75, 3.05) is 31.1 Å². The molecule has 138 valence electrons. The first-order valence-electron chi connectivity index (χ1n) is 9.38. The number of piperazine rings is 1. The van der Waals surface area contributed by atoms with Crippen molar-refractivity contribution in [3.05, 3.63) is 41.5 Å². The number of aryl methyl sites for hydroxylation is 2. The molecule has 0 saturated carbocycles. The average Bonchev–Trinajstić information content (AvgIpc) is 2.64. The molecule has 0 bridgehead atoms. The van der Waals surface area contributed by atoms with Crippen LogP contribution < -0.4 is 4.90 Å². The van der Waals surface area contributed by atoms with Gasteiger partial charge in [0.2, 0.25) is 5.91 Å². The van der Waals surface area contributed by atoms with Gasteiger partial charge in [0, 0.05) is 38.2 Å². The van der Waals surface area contributed by atoms with Crippen molar-refractivity contribution >= 4 is 11.7 Å². The van der Waals surface area contributed by atoms with Crippen LogP contribution in [0.2, 0.25) is 0 Å². The number of aromatic nitrogens is 2. The number of amides is 1. The van der Waals surface area contributed by atoms with E-state index in [-0.39, 0.29) is 5.91 Å². The quantitative estimate of drug-likeness (QED) is 0.846. The third-order valence-electron chi connectivity index (χ3n) is 4.99. The maximum absolute atomic E-state index is 12.2. The Morgan fingerprint density at radius 1 is 1.00 bits per heavy atom. The number of hydrogen-bond donors (Lipinski definition) is 0. The molecular formula is C21H28N4O. The first-order valence-corrected chi connectivity index (χ1v) is 9.38. The molecule has 0 atom stereocenters. The molecule has 0 aliphatic carbocycles. The Bertz CT molecular complexity index is 762. The zero-order chi connectivity index (χ0) is 18.7. The van der Waals surface area contributed by atoms with E-state index in [1.54, 1.807) is 0 Å². The minimum atomic E-state index is 0.260. The van der Waals surface area contributed by atoms with E-state index in [0.717, 1.165) is 43.3 Å². The first-order chi connectivity index (χ1) is 12.4. The fourth-order valence-corrected chi connectivity index (χ4v) is 3.21. The molecule has 1 aromatic carbocycles. The lowest BCUT2D eigenvalue weighted by Crippen LogP contribution is -2.49. The summed E-state index contributed by atoms with van der Waals surface area (Å²) in [6.45, 7) is 11.5. The summed E-state index contributed by atoms with van der Waals surface area (Å²) in [5.41, 5.74) is 4.53. The number of carbonyl (C=O) groups excluding carboxylic acids is 1. The van der Waals surface area contributed by atoms with Gasteiger partial charge in [-0.1, -0.05) is 26.0 Å². The monoisotopic (exact) mass is 352 g/mol. The van der Waals surface area contributed by atoms with E-state index in [1.165, 1.54) is 11.1 Å². The minimum absolute atomic E-state index is 0.260. The molecule has 0 N–H and O–H groups in total. The third-order valence-corrected chi connectivity index (χ3v) is 4.99. The summed E-state index contributed by atoms with van der Waals surface area (Å²) in [6.07, 6.45) is 0.629. The second-order valence-corrected chi connectivity index (χ2v) is 7.54. The van der Waals surface area contributed by atoms with E-state index < -0.39 is 0 Å². The molecule has 1 fully saturated rings. The van der Waals surface area contributed by atoms with Gasteiger partial charge in [0.1, 0.15) is 0 Å². The van der Waals surface area contributed by atoms with Gasteiger partial charge in [-0.3, -0.25) is 4.79 Å². The zero-order valence-electron chi connectivity index (χ0n) is 16.2. The fraction of sp³-hybridized carbons (Fsp3) is 0.476. The van der Waals surface area contributed by atoms with Crippen LogP contribution in [-0.4, -0.2) is 47.2 Å². The minimum Gasteiger partial charge on any atom is -0.352 e. The Kier molecular flexibility index (Phi) is 5.55. The van der Waals surface area contributed by atoms with Crippen molar-refractivity contribution < 1.29 is 4.79 Å². The standard InChI is InChI=1S/C21H28N4O/c1-15(2)13-21(26)25-11-9-24(10-12-25)20-8-7-19(22-23-20)18-6-5-16(3)17(4)14-18/h5-8,14-15H,9-13H2,1-4H3. The number of rotatable bonds is 4. The molecule has 26 heavy (non-hydrogen) atoms. The van der Waals surface area contributed by atoms with Crippen molar-refractivity contribution in [2.24, 2.45) is 5.92 Å². The van der Waals surface area contributed by atoms with Gasteiger partial charge >= 0.3 is 0 Å². The maximum Gasteiger partial charge on any atom is 0.222 e. The number of hydrogen-bond acceptors (Lipinski definition) is 4. The maximum atomic E-state index is 12.2. The predicted octanol–water partition coefficient (Wildman–Crippen LogP) is 3.46. The lowest BCUT2D eigenvalue weighted by Gasteiger charge is -2.35. The van der Waals surface area contributed by atoms with Crippen LogP contribution in [0.15, 0.2) is 30.3 Å². The van der Waals surface area contributed by atoms with Crippen LogP contribution in [0.5, 0.6) is 0 Å². The molecule has 5 nitrogen and oxygen atoms in total. The molecule has 1 amide bonds. The number of benzene rings is 1. The lowest BCUT2D eigenvalue weighted by molar-refractivity contribution is -0.132. The molecule has 0 radical (unpaired) electrons. The van der Waals surface area contributed by atoms with Crippen LogP contribution in [0.3, 0.4) is 0 Å². The van der Waals surface area contributed by atoms with Gasteiger partial charge in [-0.25, -0.2) is 0 Å². The molecule has 0 spiro atoms. The Balaban J connectivity index is 1.63. The zero-order valence-corrected chi connectivity index (χ0v) is 16.2. The van der Waals surface area contributed by atoms with Crippen LogP contribution in [0.25, 0.3) is 11.3 Å². The van der Waals surface area contributed by atoms with E-state index in [9.17, 15) is 4.79 Å².